The molecule has 4 heteroatoms. The Kier molecular flexibility index (Phi) is 5.31. The molecule has 1 atom stereocenters. The standard InChI is InChI=1S/C18H20F3N/c1-14(2)6-11-17(22-12-4-3-5-13-22)15-7-9-16(10-8-15)18(19,20)21/h7-10,17H,1,3-5,12-13H2,2H3. The van der Waals surface area contributed by atoms with Crippen molar-refractivity contribution >= 4 is 0 Å². The summed E-state index contributed by atoms with van der Waals surface area (Å²) in [7, 11) is 0. The molecule has 0 radical (unpaired) electrons. The Morgan fingerprint density at radius 1 is 1.14 bits per heavy atom. The summed E-state index contributed by atoms with van der Waals surface area (Å²) in [6.45, 7) is 7.45. The third-order valence-electron chi connectivity index (χ3n) is 3.73. The molecule has 118 valence electrons. The summed E-state index contributed by atoms with van der Waals surface area (Å²) in [4.78, 5) is 2.24. The Bertz CT molecular complexity index is 569. The van der Waals surface area contributed by atoms with E-state index >= 15 is 0 Å². The summed E-state index contributed by atoms with van der Waals surface area (Å²) in [6.07, 6.45) is -0.898. The molecule has 0 aliphatic carbocycles. The molecule has 1 aromatic rings. The molecular weight excluding hydrogens is 287 g/mol. The summed E-state index contributed by atoms with van der Waals surface area (Å²) in [6, 6.07) is 5.17. The lowest BCUT2D eigenvalue weighted by atomic mass is 10.0. The van der Waals surface area contributed by atoms with Gasteiger partial charge in [0.15, 0.2) is 0 Å². The molecule has 0 amide bonds. The van der Waals surface area contributed by atoms with Gasteiger partial charge in [-0.3, -0.25) is 4.90 Å². The lowest BCUT2D eigenvalue weighted by Crippen LogP contribution is -2.33. The van der Waals surface area contributed by atoms with Crippen LogP contribution in [-0.4, -0.2) is 18.0 Å². The van der Waals surface area contributed by atoms with E-state index in [9.17, 15) is 13.2 Å². The number of allylic oxidation sites excluding steroid dienone is 1. The third kappa shape index (κ3) is 4.38. The van der Waals surface area contributed by atoms with Crippen LogP contribution < -0.4 is 0 Å². The summed E-state index contributed by atoms with van der Waals surface area (Å²) in [5.74, 6) is 6.14. The molecule has 1 aliphatic rings. The van der Waals surface area contributed by atoms with Crippen molar-refractivity contribution in [2.45, 2.75) is 38.4 Å². The molecule has 1 unspecified atom stereocenters. The monoisotopic (exact) mass is 307 g/mol. The number of halogens is 3. The molecule has 1 aliphatic heterocycles. The number of benzene rings is 1. The molecule has 2 rings (SSSR count). The molecule has 1 aromatic carbocycles. The van der Waals surface area contributed by atoms with Gasteiger partial charge in [0.1, 0.15) is 0 Å². The lowest BCUT2D eigenvalue weighted by molar-refractivity contribution is -0.137. The van der Waals surface area contributed by atoms with Crippen LogP contribution in [0.2, 0.25) is 0 Å². The molecule has 0 N–H and O–H groups in total. The molecule has 1 heterocycles. The molecular formula is C18H20F3N. The first-order valence-corrected chi connectivity index (χ1v) is 7.46. The number of nitrogens with zero attached hydrogens (tertiary/aromatic N) is 1. The maximum absolute atomic E-state index is 12.7. The highest BCUT2D eigenvalue weighted by Gasteiger charge is 2.30. The van der Waals surface area contributed by atoms with E-state index in [1.165, 1.54) is 18.6 Å². The van der Waals surface area contributed by atoms with E-state index < -0.39 is 11.7 Å². The molecule has 0 spiro atoms. The van der Waals surface area contributed by atoms with Gasteiger partial charge in [-0.15, -0.1) is 0 Å². The van der Waals surface area contributed by atoms with Gasteiger partial charge in [0, 0.05) is 0 Å². The maximum atomic E-state index is 12.7. The number of piperidine rings is 1. The average Bonchev–Trinajstić information content (AvgIpc) is 2.48. The maximum Gasteiger partial charge on any atom is 0.416 e. The van der Waals surface area contributed by atoms with Crippen LogP contribution in [0.4, 0.5) is 13.2 Å². The first-order valence-electron chi connectivity index (χ1n) is 7.46. The van der Waals surface area contributed by atoms with E-state index in [4.69, 9.17) is 0 Å². The van der Waals surface area contributed by atoms with E-state index in [1.807, 2.05) is 6.92 Å². The second kappa shape index (κ2) is 7.02. The molecule has 22 heavy (non-hydrogen) atoms. The van der Waals surface area contributed by atoms with Gasteiger partial charge >= 0.3 is 6.18 Å². The fraction of sp³-hybridized carbons (Fsp3) is 0.444. The van der Waals surface area contributed by atoms with Crippen LogP contribution in [0.1, 0.15) is 43.4 Å². The van der Waals surface area contributed by atoms with Gasteiger partial charge in [0.25, 0.3) is 0 Å². The highest BCUT2D eigenvalue weighted by Crippen LogP contribution is 2.31. The summed E-state index contributed by atoms with van der Waals surface area (Å²) >= 11 is 0. The van der Waals surface area contributed by atoms with E-state index in [2.05, 4.69) is 23.3 Å². The number of hydrogen-bond acceptors (Lipinski definition) is 1. The van der Waals surface area contributed by atoms with Gasteiger partial charge in [0.2, 0.25) is 0 Å². The fourth-order valence-corrected chi connectivity index (χ4v) is 2.61. The van der Waals surface area contributed by atoms with E-state index in [0.717, 1.165) is 49.2 Å². The smallest absolute Gasteiger partial charge is 0.286 e. The Labute approximate surface area is 129 Å². The van der Waals surface area contributed by atoms with Crippen LogP contribution >= 0.6 is 0 Å². The topological polar surface area (TPSA) is 3.24 Å². The van der Waals surface area contributed by atoms with Gasteiger partial charge < -0.3 is 0 Å². The van der Waals surface area contributed by atoms with Gasteiger partial charge in [0.05, 0.1) is 11.6 Å². The second-order valence-electron chi connectivity index (χ2n) is 5.67. The Balaban J connectivity index is 2.28. The van der Waals surface area contributed by atoms with Crippen LogP contribution in [0, 0.1) is 11.8 Å². The number of alkyl halides is 3. The Morgan fingerprint density at radius 3 is 2.23 bits per heavy atom. The molecule has 1 saturated heterocycles. The fourth-order valence-electron chi connectivity index (χ4n) is 2.61. The summed E-state index contributed by atoms with van der Waals surface area (Å²) in [5.41, 5.74) is 0.944. The average molecular weight is 307 g/mol. The number of likely N-dealkylation sites (tertiary alicyclic amines) is 1. The van der Waals surface area contributed by atoms with Crippen molar-refractivity contribution in [3.63, 3.8) is 0 Å². The molecule has 0 aromatic heterocycles. The van der Waals surface area contributed by atoms with Gasteiger partial charge in [-0.05, 0) is 56.1 Å². The van der Waals surface area contributed by atoms with Crippen molar-refractivity contribution in [3.8, 4) is 11.8 Å². The van der Waals surface area contributed by atoms with E-state index in [0.29, 0.717) is 0 Å². The zero-order valence-electron chi connectivity index (χ0n) is 12.7. The van der Waals surface area contributed by atoms with Crippen molar-refractivity contribution < 1.29 is 13.2 Å². The van der Waals surface area contributed by atoms with Gasteiger partial charge in [-0.1, -0.05) is 37.0 Å². The second-order valence-corrected chi connectivity index (χ2v) is 5.67. The van der Waals surface area contributed by atoms with Crippen molar-refractivity contribution in [1.82, 2.24) is 4.90 Å². The largest absolute Gasteiger partial charge is 0.416 e. The first-order chi connectivity index (χ1) is 10.4. The van der Waals surface area contributed by atoms with E-state index in [1.54, 1.807) is 0 Å². The Morgan fingerprint density at radius 2 is 1.73 bits per heavy atom. The summed E-state index contributed by atoms with van der Waals surface area (Å²) in [5, 5.41) is 0. The van der Waals surface area contributed by atoms with Gasteiger partial charge in [-0.25, -0.2) is 0 Å². The van der Waals surface area contributed by atoms with Crippen LogP contribution in [0.15, 0.2) is 36.4 Å². The minimum atomic E-state index is -4.30. The van der Waals surface area contributed by atoms with Crippen molar-refractivity contribution in [3.05, 3.63) is 47.5 Å². The minimum Gasteiger partial charge on any atom is -0.286 e. The zero-order valence-corrected chi connectivity index (χ0v) is 12.7. The zero-order chi connectivity index (χ0) is 16.2. The molecule has 1 fully saturated rings. The highest BCUT2D eigenvalue weighted by atomic mass is 19.4. The Hall–Kier alpha value is -1.73. The normalized spacial score (nSPS) is 17.5. The van der Waals surface area contributed by atoms with Gasteiger partial charge in [-0.2, -0.15) is 13.2 Å². The first kappa shape index (κ1) is 16.6. The van der Waals surface area contributed by atoms with Crippen LogP contribution in [-0.2, 0) is 6.18 Å². The van der Waals surface area contributed by atoms with Crippen LogP contribution in [0.25, 0.3) is 0 Å². The van der Waals surface area contributed by atoms with E-state index in [-0.39, 0.29) is 6.04 Å². The minimum absolute atomic E-state index is 0.167. The predicted octanol–water partition coefficient (Wildman–Crippen LogP) is 4.81. The SMILES string of the molecule is C=C(C)C#CC(c1ccc(C(F)(F)F)cc1)N1CCCCC1. The summed E-state index contributed by atoms with van der Waals surface area (Å²) < 4.78 is 38.0. The van der Waals surface area contributed by atoms with Crippen molar-refractivity contribution in [2.24, 2.45) is 0 Å². The molecule has 1 nitrogen and oxygen atoms in total. The van der Waals surface area contributed by atoms with Crippen LogP contribution in [0.3, 0.4) is 0 Å². The molecule has 0 bridgehead atoms. The lowest BCUT2D eigenvalue weighted by Gasteiger charge is -2.32. The number of rotatable bonds is 2. The quantitative estimate of drug-likeness (QED) is 0.709. The third-order valence-corrected chi connectivity index (χ3v) is 3.73. The van der Waals surface area contributed by atoms with Crippen molar-refractivity contribution in [1.29, 1.82) is 0 Å². The van der Waals surface area contributed by atoms with Crippen LogP contribution in [0.5, 0.6) is 0 Å². The molecule has 0 saturated carbocycles. The highest BCUT2D eigenvalue weighted by molar-refractivity contribution is 5.34. The predicted molar refractivity (Wildman–Crippen MR) is 82.2 cm³/mol. The van der Waals surface area contributed by atoms with Crippen molar-refractivity contribution in [2.75, 3.05) is 13.1 Å². The number of hydrogen-bond donors (Lipinski definition) is 0.